The van der Waals surface area contributed by atoms with Crippen molar-refractivity contribution in [2.75, 3.05) is 18.1 Å². The minimum Gasteiger partial charge on any atom is -0.395 e. The number of hydrogen-bond donors (Lipinski definition) is 2. The molecule has 0 aromatic heterocycles. The number of halogens is 1. The summed E-state index contributed by atoms with van der Waals surface area (Å²) in [5.41, 5.74) is 7.76. The van der Waals surface area contributed by atoms with Crippen LogP contribution in [0.4, 0.5) is 5.69 Å². The van der Waals surface area contributed by atoms with Gasteiger partial charge in [-0.3, -0.25) is 0 Å². The normalized spacial score (nSPS) is 15.7. The lowest BCUT2D eigenvalue weighted by Gasteiger charge is -2.32. The largest absolute Gasteiger partial charge is 0.395 e. The van der Waals surface area contributed by atoms with E-state index in [1.54, 1.807) is 0 Å². The fraction of sp³-hybridized carbons (Fsp3) is 0.500. The Kier molecular flexibility index (Phi) is 5.19. The summed E-state index contributed by atoms with van der Waals surface area (Å²) in [6, 6.07) is 6.45. The van der Waals surface area contributed by atoms with Crippen LogP contribution in [0.25, 0.3) is 0 Å². The summed E-state index contributed by atoms with van der Waals surface area (Å²) in [7, 11) is 0. The summed E-state index contributed by atoms with van der Waals surface area (Å²) in [4.78, 5) is 2.65. The van der Waals surface area contributed by atoms with Crippen LogP contribution in [0.2, 0.25) is 0 Å². The van der Waals surface area contributed by atoms with Crippen LogP contribution in [0.5, 0.6) is 0 Å². The van der Waals surface area contributed by atoms with E-state index >= 15 is 0 Å². The zero-order chi connectivity index (χ0) is 13.8. The molecule has 3 nitrogen and oxygen atoms in total. The molecule has 1 aromatic rings. The van der Waals surface area contributed by atoms with Gasteiger partial charge < -0.3 is 15.7 Å². The predicted octanol–water partition coefficient (Wildman–Crippen LogP) is 2.82. The van der Waals surface area contributed by atoms with Crippen LogP contribution in [-0.4, -0.2) is 29.3 Å². The molecule has 1 aromatic carbocycles. The number of rotatable bonds is 5. The van der Waals surface area contributed by atoms with E-state index in [4.69, 9.17) is 18.0 Å². The molecule has 5 heteroatoms. The zero-order valence-electron chi connectivity index (χ0n) is 10.8. The summed E-state index contributed by atoms with van der Waals surface area (Å²) in [5, 5.41) is 9.34. The summed E-state index contributed by atoms with van der Waals surface area (Å²) < 4.78 is 0.915. The van der Waals surface area contributed by atoms with Gasteiger partial charge in [0.05, 0.1) is 6.61 Å². The number of benzene rings is 1. The molecule has 0 heterocycles. The van der Waals surface area contributed by atoms with Crippen LogP contribution in [0, 0.1) is 0 Å². The Balaban J connectivity index is 2.40. The maximum atomic E-state index is 9.34. The van der Waals surface area contributed by atoms with Crippen LogP contribution in [0.3, 0.4) is 0 Å². The fourth-order valence-corrected chi connectivity index (χ4v) is 3.73. The van der Waals surface area contributed by atoms with Gasteiger partial charge in [0.1, 0.15) is 4.99 Å². The molecule has 104 valence electrons. The summed E-state index contributed by atoms with van der Waals surface area (Å²) >= 11 is 8.69. The average molecular weight is 343 g/mol. The van der Waals surface area contributed by atoms with Gasteiger partial charge in [-0.15, -0.1) is 0 Å². The maximum Gasteiger partial charge on any atom is 0.107 e. The highest BCUT2D eigenvalue weighted by molar-refractivity contribution is 9.10. The Morgan fingerprint density at radius 3 is 2.68 bits per heavy atom. The minimum atomic E-state index is 0.139. The average Bonchev–Trinajstić information content (AvgIpc) is 2.88. The highest BCUT2D eigenvalue weighted by atomic mass is 79.9. The van der Waals surface area contributed by atoms with Crippen molar-refractivity contribution in [1.29, 1.82) is 0 Å². The van der Waals surface area contributed by atoms with Gasteiger partial charge in [-0.05, 0) is 40.9 Å². The van der Waals surface area contributed by atoms with E-state index in [0.717, 1.165) is 15.7 Å². The Morgan fingerprint density at radius 1 is 1.42 bits per heavy atom. The van der Waals surface area contributed by atoms with Gasteiger partial charge in [0.15, 0.2) is 0 Å². The third kappa shape index (κ3) is 3.27. The first-order chi connectivity index (χ1) is 9.15. The van der Waals surface area contributed by atoms with Gasteiger partial charge in [-0.2, -0.15) is 0 Å². The van der Waals surface area contributed by atoms with Gasteiger partial charge in [0.2, 0.25) is 0 Å². The number of aliphatic hydroxyl groups excluding tert-OH is 1. The standard InChI is InChI=1S/C14H19BrN2OS/c15-11-6-3-7-12(13(11)14(16)19)17(8-9-18)10-4-1-2-5-10/h3,6-7,10,18H,1-2,4-5,8-9H2,(H2,16,19). The summed E-state index contributed by atoms with van der Waals surface area (Å²) in [6.45, 7) is 0.760. The van der Waals surface area contributed by atoms with Crippen molar-refractivity contribution in [2.45, 2.75) is 31.7 Å². The lowest BCUT2D eigenvalue weighted by molar-refractivity contribution is 0.297. The van der Waals surface area contributed by atoms with Crippen LogP contribution in [0.15, 0.2) is 22.7 Å². The molecule has 3 N–H and O–H groups in total. The van der Waals surface area contributed by atoms with Crippen molar-refractivity contribution < 1.29 is 5.11 Å². The van der Waals surface area contributed by atoms with E-state index < -0.39 is 0 Å². The Labute approximate surface area is 127 Å². The molecule has 1 aliphatic rings. The zero-order valence-corrected chi connectivity index (χ0v) is 13.2. The molecule has 0 unspecified atom stereocenters. The van der Waals surface area contributed by atoms with E-state index in [0.29, 0.717) is 17.6 Å². The van der Waals surface area contributed by atoms with Crippen LogP contribution in [0.1, 0.15) is 31.2 Å². The molecular formula is C14H19BrN2OS. The van der Waals surface area contributed by atoms with Crippen molar-refractivity contribution in [3.63, 3.8) is 0 Å². The molecule has 0 radical (unpaired) electrons. The monoisotopic (exact) mass is 342 g/mol. The van der Waals surface area contributed by atoms with Gasteiger partial charge >= 0.3 is 0 Å². The van der Waals surface area contributed by atoms with Crippen LogP contribution in [-0.2, 0) is 0 Å². The molecular weight excluding hydrogens is 324 g/mol. The molecule has 1 saturated carbocycles. The molecule has 0 bridgehead atoms. The fourth-order valence-electron chi connectivity index (χ4n) is 2.82. The molecule has 0 aliphatic heterocycles. The van der Waals surface area contributed by atoms with Crippen LogP contribution < -0.4 is 10.6 Å². The summed E-state index contributed by atoms with van der Waals surface area (Å²) in [5.74, 6) is 0. The molecule has 0 atom stereocenters. The first kappa shape index (κ1) is 14.8. The number of thiocarbonyl (C=S) groups is 1. The van der Waals surface area contributed by atoms with Crippen LogP contribution >= 0.6 is 28.1 Å². The van der Waals surface area contributed by atoms with E-state index in [9.17, 15) is 5.11 Å². The number of anilines is 1. The van der Waals surface area contributed by atoms with Crippen molar-refractivity contribution in [3.05, 3.63) is 28.2 Å². The highest BCUT2D eigenvalue weighted by Crippen LogP contribution is 2.33. The van der Waals surface area contributed by atoms with Crippen molar-refractivity contribution in [2.24, 2.45) is 5.73 Å². The summed E-state index contributed by atoms with van der Waals surface area (Å²) in [6.07, 6.45) is 4.85. The molecule has 0 amide bonds. The number of hydrogen-bond acceptors (Lipinski definition) is 3. The first-order valence-corrected chi connectivity index (χ1v) is 7.81. The van der Waals surface area contributed by atoms with E-state index in [2.05, 4.69) is 20.8 Å². The predicted molar refractivity (Wildman–Crippen MR) is 86.7 cm³/mol. The second-order valence-electron chi connectivity index (χ2n) is 4.85. The number of aliphatic hydroxyl groups is 1. The maximum absolute atomic E-state index is 9.34. The first-order valence-electron chi connectivity index (χ1n) is 6.61. The van der Waals surface area contributed by atoms with Gasteiger partial charge in [-0.1, -0.05) is 31.1 Å². The molecule has 19 heavy (non-hydrogen) atoms. The second-order valence-corrected chi connectivity index (χ2v) is 6.15. The quantitative estimate of drug-likeness (QED) is 0.808. The number of nitrogens with zero attached hydrogens (tertiary/aromatic N) is 1. The Hall–Kier alpha value is -0.650. The Bertz CT molecular complexity index is 461. The lowest BCUT2D eigenvalue weighted by Crippen LogP contribution is -2.37. The molecule has 2 rings (SSSR count). The smallest absolute Gasteiger partial charge is 0.107 e. The van der Waals surface area contributed by atoms with E-state index in [1.165, 1.54) is 25.7 Å². The SMILES string of the molecule is NC(=S)c1c(Br)cccc1N(CCO)C1CCCC1. The third-order valence-corrected chi connectivity index (χ3v) is 4.52. The van der Waals surface area contributed by atoms with Gasteiger partial charge in [0.25, 0.3) is 0 Å². The van der Waals surface area contributed by atoms with Crippen molar-refractivity contribution in [3.8, 4) is 0 Å². The Morgan fingerprint density at radius 2 is 2.11 bits per heavy atom. The molecule has 1 aliphatic carbocycles. The van der Waals surface area contributed by atoms with E-state index in [1.807, 2.05) is 18.2 Å². The minimum absolute atomic E-state index is 0.139. The topological polar surface area (TPSA) is 49.5 Å². The third-order valence-electron chi connectivity index (χ3n) is 3.65. The van der Waals surface area contributed by atoms with Crippen molar-refractivity contribution in [1.82, 2.24) is 0 Å². The molecule has 1 fully saturated rings. The highest BCUT2D eigenvalue weighted by Gasteiger charge is 2.25. The molecule has 0 saturated heterocycles. The van der Waals surface area contributed by atoms with Gasteiger partial charge in [-0.25, -0.2) is 0 Å². The van der Waals surface area contributed by atoms with E-state index in [-0.39, 0.29) is 6.61 Å². The molecule has 0 spiro atoms. The second kappa shape index (κ2) is 6.68. The number of nitrogens with two attached hydrogens (primary N) is 1. The van der Waals surface area contributed by atoms with Gasteiger partial charge in [0, 0.05) is 28.3 Å². The van der Waals surface area contributed by atoms with Crippen molar-refractivity contribution >= 4 is 38.8 Å². The lowest BCUT2D eigenvalue weighted by atomic mass is 10.1.